The average Bonchev–Trinajstić information content (AvgIpc) is 2.66. The summed E-state index contributed by atoms with van der Waals surface area (Å²) in [6, 6.07) is 0. The Morgan fingerprint density at radius 1 is 0.500 bits per heavy atom. The summed E-state index contributed by atoms with van der Waals surface area (Å²) in [4.78, 5) is 40.3. The Morgan fingerprint density at radius 2 is 0.625 bits per heavy atom. The van der Waals surface area contributed by atoms with Crippen molar-refractivity contribution >= 4 is 23.6 Å². The summed E-state index contributed by atoms with van der Waals surface area (Å²) in [7, 11) is 0. The monoisotopic (exact) mass is 480 g/mol. The molecule has 8 nitrogen and oxygen atoms in total. The van der Waals surface area contributed by atoms with Gasteiger partial charge in [0.2, 0.25) is 0 Å². The van der Waals surface area contributed by atoms with Crippen molar-refractivity contribution in [2.45, 2.75) is 53.4 Å². The molecule has 0 atom stereocenters. The Balaban J connectivity index is -0.000000111. The Hall–Kier alpha value is 0.737. The fourth-order valence-corrected chi connectivity index (χ4v) is 1.46. The van der Waals surface area contributed by atoms with Crippen LogP contribution in [0.1, 0.15) is 53.4 Å². The van der Waals surface area contributed by atoms with E-state index in [0.717, 1.165) is 0 Å². The summed E-state index contributed by atoms with van der Waals surface area (Å²) in [6.07, 6.45) is 2.32. The molecule has 0 spiro atoms. The molecule has 132 valence electrons. The van der Waals surface area contributed by atoms with Crippen molar-refractivity contribution in [2.75, 3.05) is 0 Å². The summed E-state index contributed by atoms with van der Waals surface area (Å²) >= 11 is 6.52. The zero-order valence-corrected chi connectivity index (χ0v) is 20.7. The molecule has 12 heteroatoms. The Bertz CT molecular complexity index is 259. The molecule has 0 unspecified atom stereocenters. The molecule has 0 aliphatic rings. The molecule has 0 fully saturated rings. The standard InChI is InChI=1S/4C3H7NO.4Ti/c4*1-2-3(4)5;;;;/h4*2H2,1H3,(H2,4,5);;;;/q;;;;4*+1/p-4. The zero-order chi connectivity index (χ0) is 20.0. The van der Waals surface area contributed by atoms with Gasteiger partial charge in [-0.1, -0.05) is 0 Å². The van der Waals surface area contributed by atoms with Gasteiger partial charge in [0.15, 0.2) is 0 Å². The van der Waals surface area contributed by atoms with E-state index in [1.807, 2.05) is 27.7 Å². The summed E-state index contributed by atoms with van der Waals surface area (Å²) in [6.45, 7) is 7.27. The Labute approximate surface area is 192 Å². The molecule has 0 saturated carbocycles. The molecule has 0 aliphatic heterocycles. The van der Waals surface area contributed by atoms with Crippen LogP contribution in [0.15, 0.2) is 0 Å². The molecule has 0 radical (unpaired) electrons. The molecule has 0 bridgehead atoms. The van der Waals surface area contributed by atoms with E-state index in [0.29, 0.717) is 25.7 Å². The molecule has 0 aromatic carbocycles. The molecular formula is C12H24N4O4Ti4. The van der Waals surface area contributed by atoms with E-state index < -0.39 is 0 Å². The first-order valence-electron chi connectivity index (χ1n) is 7.06. The van der Waals surface area contributed by atoms with Crippen LogP contribution < -0.4 is 15.2 Å². The van der Waals surface area contributed by atoms with Crippen molar-refractivity contribution in [3.63, 3.8) is 0 Å². The minimum absolute atomic E-state index is 0.0926. The normalized spacial score (nSPS) is 7.33. The van der Waals surface area contributed by atoms with Gasteiger partial charge in [0.1, 0.15) is 0 Å². The molecule has 0 aromatic heterocycles. The SMILES string of the molecule is CCC(=O)[NH][Ti].CCC(=O)[NH][Ti].CCC(=O)[NH][Ti].CCC(=O)[NH][Ti]. The first-order chi connectivity index (χ1) is 11.2. The maximum absolute atomic E-state index is 10.1. The number of amides is 4. The quantitative estimate of drug-likeness (QED) is 0.421. The maximum atomic E-state index is 10.1. The van der Waals surface area contributed by atoms with E-state index in [2.05, 4.69) is 15.2 Å². The Morgan fingerprint density at radius 3 is 0.625 bits per heavy atom. The van der Waals surface area contributed by atoms with Gasteiger partial charge in [-0.25, -0.2) is 0 Å². The third kappa shape index (κ3) is 38.4. The van der Waals surface area contributed by atoms with Crippen LogP contribution in [0, 0.1) is 0 Å². The summed E-state index contributed by atoms with van der Waals surface area (Å²) in [5.41, 5.74) is 0. The van der Waals surface area contributed by atoms with Gasteiger partial charge in [-0.15, -0.1) is 0 Å². The van der Waals surface area contributed by atoms with Crippen molar-refractivity contribution in [2.24, 2.45) is 0 Å². The van der Waals surface area contributed by atoms with Gasteiger partial charge in [0.05, 0.1) is 0 Å². The predicted molar refractivity (Wildman–Crippen MR) is 73.7 cm³/mol. The second-order valence-electron chi connectivity index (χ2n) is 3.61. The zero-order valence-electron chi connectivity index (χ0n) is 14.5. The molecular weight excluding hydrogens is 456 g/mol. The van der Waals surface area contributed by atoms with E-state index in [1.165, 1.54) is 0 Å². The van der Waals surface area contributed by atoms with Crippen molar-refractivity contribution in [3.8, 4) is 0 Å². The van der Waals surface area contributed by atoms with Crippen LogP contribution in [-0.2, 0) is 102 Å². The van der Waals surface area contributed by atoms with Crippen LogP contribution in [0.25, 0.3) is 0 Å². The minimum atomic E-state index is 0.0926. The third-order valence-electron chi connectivity index (χ3n) is 1.84. The van der Waals surface area contributed by atoms with E-state index in [-0.39, 0.29) is 23.6 Å². The summed E-state index contributed by atoms with van der Waals surface area (Å²) in [5, 5.41) is 0. The topological polar surface area (TPSA) is 116 Å². The number of nitrogens with one attached hydrogen (secondary N) is 4. The number of rotatable bonds is 4. The third-order valence-corrected chi connectivity index (χ3v) is 3.58. The van der Waals surface area contributed by atoms with Crippen LogP contribution in [0.3, 0.4) is 0 Å². The molecule has 24 heavy (non-hydrogen) atoms. The fraction of sp³-hybridized carbons (Fsp3) is 0.667. The molecule has 0 aliphatic carbocycles. The van der Waals surface area contributed by atoms with E-state index in [9.17, 15) is 19.2 Å². The number of carbonyl (C=O) groups excluding carboxylic acids is 4. The van der Waals surface area contributed by atoms with Gasteiger partial charge >= 0.3 is 194 Å². The van der Waals surface area contributed by atoms with Gasteiger partial charge in [-0.05, 0) is 0 Å². The second-order valence-corrected chi connectivity index (χ2v) is 5.17. The van der Waals surface area contributed by atoms with Crippen molar-refractivity contribution in [1.29, 1.82) is 0 Å². The van der Waals surface area contributed by atoms with Gasteiger partial charge in [0.25, 0.3) is 0 Å². The van der Waals surface area contributed by atoms with Gasteiger partial charge in [0, 0.05) is 0 Å². The molecule has 0 aromatic rings. The molecule has 4 N–H and O–H groups in total. The molecule has 4 amide bonds. The average molecular weight is 480 g/mol. The van der Waals surface area contributed by atoms with Gasteiger partial charge < -0.3 is 0 Å². The second kappa shape index (κ2) is 28.5. The van der Waals surface area contributed by atoms with E-state index in [1.54, 1.807) is 82.8 Å². The van der Waals surface area contributed by atoms with E-state index >= 15 is 0 Å². The molecule has 0 saturated heterocycles. The number of carbonyl (C=O) groups is 4. The van der Waals surface area contributed by atoms with Crippen LogP contribution in [0.4, 0.5) is 0 Å². The first kappa shape index (κ1) is 32.4. The molecule has 0 heterocycles. The van der Waals surface area contributed by atoms with Gasteiger partial charge in [-0.2, -0.15) is 0 Å². The van der Waals surface area contributed by atoms with Crippen LogP contribution in [0.2, 0.25) is 0 Å². The van der Waals surface area contributed by atoms with Gasteiger partial charge in [-0.3, -0.25) is 0 Å². The summed E-state index contributed by atoms with van der Waals surface area (Å²) < 4.78 is 9.90. The Kier molecular flexibility index (Phi) is 38.5. The van der Waals surface area contributed by atoms with Crippen molar-refractivity contribution < 1.29 is 102 Å². The number of hydrogen-bond donors (Lipinski definition) is 4. The van der Waals surface area contributed by atoms with Crippen LogP contribution >= 0.6 is 0 Å². The predicted octanol–water partition coefficient (Wildman–Crippen LogP) is -0.102. The van der Waals surface area contributed by atoms with Crippen LogP contribution in [-0.4, -0.2) is 23.6 Å². The molecule has 0 rings (SSSR count). The fourth-order valence-electron chi connectivity index (χ4n) is 0.354. The number of hydrogen-bond acceptors (Lipinski definition) is 4. The van der Waals surface area contributed by atoms with Crippen LogP contribution in [0.5, 0.6) is 0 Å². The van der Waals surface area contributed by atoms with Crippen molar-refractivity contribution in [1.82, 2.24) is 15.2 Å². The van der Waals surface area contributed by atoms with Crippen molar-refractivity contribution in [3.05, 3.63) is 0 Å². The van der Waals surface area contributed by atoms with E-state index in [4.69, 9.17) is 0 Å². The summed E-state index contributed by atoms with van der Waals surface area (Å²) in [5.74, 6) is 0.370. The first-order valence-corrected chi connectivity index (χ1v) is 10.2.